The minimum absolute atomic E-state index is 0.116. The molecule has 1 fully saturated rings. The molecule has 2 amide bonds. The number of morpholine rings is 1. The third-order valence-electron chi connectivity index (χ3n) is 5.83. The predicted octanol–water partition coefficient (Wildman–Crippen LogP) is 3.39. The van der Waals surface area contributed by atoms with E-state index >= 15 is 0 Å². The van der Waals surface area contributed by atoms with Gasteiger partial charge in [0.15, 0.2) is 0 Å². The van der Waals surface area contributed by atoms with Crippen LogP contribution in [0.5, 0.6) is 5.75 Å². The van der Waals surface area contributed by atoms with Crippen LogP contribution in [0.25, 0.3) is 10.8 Å². The molecule has 2 aliphatic rings. The van der Waals surface area contributed by atoms with E-state index in [1.54, 1.807) is 42.5 Å². The topological polar surface area (TPSA) is 102 Å². The number of ether oxygens (including phenoxy) is 2. The van der Waals surface area contributed by atoms with Crippen molar-refractivity contribution < 1.29 is 24.0 Å². The van der Waals surface area contributed by atoms with Gasteiger partial charge in [-0.1, -0.05) is 24.3 Å². The lowest BCUT2D eigenvalue weighted by atomic mass is 9.91. The highest BCUT2D eigenvalue weighted by atomic mass is 16.6. The van der Waals surface area contributed by atoms with E-state index in [9.17, 15) is 19.7 Å². The Morgan fingerprint density at radius 2 is 1.72 bits per heavy atom. The number of rotatable bonds is 4. The molecule has 32 heavy (non-hydrogen) atoms. The number of nitrogens with zero attached hydrogens (tertiary/aromatic N) is 3. The van der Waals surface area contributed by atoms with Gasteiger partial charge in [-0.05, 0) is 18.2 Å². The molecular weight excluding hydrogens is 414 g/mol. The Bertz CT molecular complexity index is 1280. The Balaban J connectivity index is 1.78. The minimum Gasteiger partial charge on any atom is -0.495 e. The average molecular weight is 433 g/mol. The van der Waals surface area contributed by atoms with Crippen LogP contribution in [0.1, 0.15) is 20.7 Å². The predicted molar refractivity (Wildman–Crippen MR) is 118 cm³/mol. The molecule has 3 aromatic rings. The van der Waals surface area contributed by atoms with Gasteiger partial charge in [0.1, 0.15) is 11.4 Å². The molecule has 9 heteroatoms. The van der Waals surface area contributed by atoms with Crippen molar-refractivity contribution in [3.8, 4) is 5.75 Å². The van der Waals surface area contributed by atoms with Gasteiger partial charge in [0.05, 0.1) is 36.5 Å². The van der Waals surface area contributed by atoms with Crippen LogP contribution in [-0.4, -0.2) is 50.2 Å². The summed E-state index contributed by atoms with van der Waals surface area (Å²) in [6, 6.07) is 13.0. The molecule has 1 saturated heterocycles. The second kappa shape index (κ2) is 7.61. The number of amides is 2. The highest BCUT2D eigenvalue weighted by Crippen LogP contribution is 2.44. The lowest BCUT2D eigenvalue weighted by molar-refractivity contribution is -0.384. The molecule has 2 aliphatic heterocycles. The first-order valence-corrected chi connectivity index (χ1v) is 10.1. The van der Waals surface area contributed by atoms with Crippen LogP contribution < -0.4 is 14.5 Å². The molecule has 0 radical (unpaired) electrons. The van der Waals surface area contributed by atoms with Gasteiger partial charge in [0.2, 0.25) is 0 Å². The minimum atomic E-state index is -0.625. The molecule has 0 saturated carbocycles. The fraction of sp³-hybridized carbons (Fsp3) is 0.217. The van der Waals surface area contributed by atoms with Crippen LogP contribution >= 0.6 is 0 Å². The summed E-state index contributed by atoms with van der Waals surface area (Å²) in [7, 11) is 1.45. The number of para-hydroxylation sites is 2. The summed E-state index contributed by atoms with van der Waals surface area (Å²) >= 11 is 0. The first-order chi connectivity index (χ1) is 15.5. The van der Waals surface area contributed by atoms with Crippen LogP contribution in [0.2, 0.25) is 0 Å². The number of nitro benzene ring substituents is 1. The summed E-state index contributed by atoms with van der Waals surface area (Å²) in [6.07, 6.45) is 0. The summed E-state index contributed by atoms with van der Waals surface area (Å²) in [5.41, 5.74) is 0.948. The zero-order chi connectivity index (χ0) is 22.4. The standard InChI is InChI=1S/C23H19N3O6/c1-31-19-8-3-2-7-17(19)25-22(27)15-6-4-5-14-20(15)16(23(25)28)13-18(26(29)30)21(14)24-9-11-32-12-10-24/h2-8,13H,9-12H2,1H3. The summed E-state index contributed by atoms with van der Waals surface area (Å²) in [5, 5.41) is 13.0. The Kier molecular flexibility index (Phi) is 4.75. The number of hydrogen-bond acceptors (Lipinski definition) is 7. The number of carbonyl (C=O) groups excluding carboxylic acids is 2. The molecule has 0 N–H and O–H groups in total. The van der Waals surface area contributed by atoms with Gasteiger partial charge in [-0.25, -0.2) is 4.90 Å². The smallest absolute Gasteiger partial charge is 0.293 e. The van der Waals surface area contributed by atoms with Gasteiger partial charge >= 0.3 is 0 Å². The number of imide groups is 1. The molecule has 0 aromatic heterocycles. The van der Waals surface area contributed by atoms with Crippen molar-refractivity contribution in [3.63, 3.8) is 0 Å². The highest BCUT2D eigenvalue weighted by molar-refractivity contribution is 6.37. The number of anilines is 2. The van der Waals surface area contributed by atoms with E-state index < -0.39 is 16.7 Å². The van der Waals surface area contributed by atoms with Gasteiger partial charge < -0.3 is 14.4 Å². The third kappa shape index (κ3) is 2.89. The second-order valence-corrected chi connectivity index (χ2v) is 7.49. The number of carbonyl (C=O) groups is 2. The van der Waals surface area contributed by atoms with E-state index in [4.69, 9.17) is 9.47 Å². The van der Waals surface area contributed by atoms with E-state index in [0.29, 0.717) is 54.1 Å². The molecule has 3 aromatic carbocycles. The van der Waals surface area contributed by atoms with E-state index in [2.05, 4.69) is 0 Å². The van der Waals surface area contributed by atoms with Crippen molar-refractivity contribution in [2.45, 2.75) is 0 Å². The summed E-state index contributed by atoms with van der Waals surface area (Å²) in [6.45, 7) is 1.85. The van der Waals surface area contributed by atoms with Gasteiger partial charge in [-0.15, -0.1) is 0 Å². The van der Waals surface area contributed by atoms with Crippen LogP contribution in [0.4, 0.5) is 17.1 Å². The van der Waals surface area contributed by atoms with Crippen LogP contribution in [0, 0.1) is 10.1 Å². The van der Waals surface area contributed by atoms with Gasteiger partial charge in [-0.2, -0.15) is 0 Å². The van der Waals surface area contributed by atoms with Crippen molar-refractivity contribution >= 4 is 39.6 Å². The second-order valence-electron chi connectivity index (χ2n) is 7.49. The van der Waals surface area contributed by atoms with E-state index in [1.165, 1.54) is 13.2 Å². The molecule has 5 rings (SSSR count). The molecular formula is C23H19N3O6. The van der Waals surface area contributed by atoms with Gasteiger partial charge in [-0.3, -0.25) is 19.7 Å². The molecule has 9 nitrogen and oxygen atoms in total. The SMILES string of the molecule is COc1ccccc1N1C(=O)c2cccc3c(N4CCOCC4)c([N+](=O)[O-])cc(c23)C1=O. The zero-order valence-electron chi connectivity index (χ0n) is 17.2. The maximum absolute atomic E-state index is 13.5. The van der Waals surface area contributed by atoms with Crippen molar-refractivity contribution in [2.24, 2.45) is 0 Å². The van der Waals surface area contributed by atoms with E-state index in [-0.39, 0.29) is 16.9 Å². The Morgan fingerprint density at radius 1 is 1.00 bits per heavy atom. The van der Waals surface area contributed by atoms with E-state index in [1.807, 2.05) is 4.90 Å². The van der Waals surface area contributed by atoms with Gasteiger partial charge in [0.25, 0.3) is 17.5 Å². The first-order valence-electron chi connectivity index (χ1n) is 10.1. The molecule has 162 valence electrons. The number of nitro groups is 1. The average Bonchev–Trinajstić information content (AvgIpc) is 2.82. The fourth-order valence-corrected chi connectivity index (χ4v) is 4.43. The number of benzene rings is 3. The summed E-state index contributed by atoms with van der Waals surface area (Å²) in [5.74, 6) is -0.775. The first kappa shape index (κ1) is 20.0. The molecule has 0 atom stereocenters. The maximum atomic E-state index is 13.5. The van der Waals surface area contributed by atoms with Gasteiger partial charge in [0, 0.05) is 35.5 Å². The van der Waals surface area contributed by atoms with Crippen LogP contribution in [0.15, 0.2) is 48.5 Å². The maximum Gasteiger partial charge on any atom is 0.293 e. The lowest BCUT2D eigenvalue weighted by Crippen LogP contribution is -2.41. The van der Waals surface area contributed by atoms with Crippen LogP contribution in [-0.2, 0) is 4.74 Å². The summed E-state index contributed by atoms with van der Waals surface area (Å²) in [4.78, 5) is 41.5. The molecule has 0 unspecified atom stereocenters. The highest BCUT2D eigenvalue weighted by Gasteiger charge is 2.39. The Labute approximate surface area is 182 Å². The van der Waals surface area contributed by atoms with E-state index in [0.717, 1.165) is 4.90 Å². The van der Waals surface area contributed by atoms with Crippen LogP contribution in [0.3, 0.4) is 0 Å². The van der Waals surface area contributed by atoms with Crippen molar-refractivity contribution in [1.82, 2.24) is 0 Å². The monoisotopic (exact) mass is 433 g/mol. The fourth-order valence-electron chi connectivity index (χ4n) is 4.43. The number of hydrogen-bond donors (Lipinski definition) is 0. The number of methoxy groups -OCH3 is 1. The zero-order valence-corrected chi connectivity index (χ0v) is 17.2. The lowest BCUT2D eigenvalue weighted by Gasteiger charge is -2.32. The molecule has 0 aliphatic carbocycles. The normalized spacial score (nSPS) is 15.9. The molecule has 2 heterocycles. The summed E-state index contributed by atoms with van der Waals surface area (Å²) < 4.78 is 10.7. The quantitative estimate of drug-likeness (QED) is 0.353. The molecule has 0 spiro atoms. The van der Waals surface area contributed by atoms with Crippen molar-refractivity contribution in [3.05, 3.63) is 69.8 Å². The van der Waals surface area contributed by atoms with Crippen molar-refractivity contribution in [1.29, 1.82) is 0 Å². The Hall–Kier alpha value is -3.98. The Morgan fingerprint density at radius 3 is 2.44 bits per heavy atom. The largest absolute Gasteiger partial charge is 0.495 e. The molecule has 0 bridgehead atoms. The third-order valence-corrected chi connectivity index (χ3v) is 5.83. The van der Waals surface area contributed by atoms with Crippen molar-refractivity contribution in [2.75, 3.05) is 43.2 Å².